The standard InChI is InChI=1S/C17H28FN5/c1-4-13(5-2)11-21-17(19-3)22-14-8-10-23(12-14)16-15(18)7-6-9-20-16/h6-7,9,13-14H,4-5,8,10-12H2,1-3H3,(H2,19,21,22). The van der Waals surface area contributed by atoms with E-state index in [9.17, 15) is 4.39 Å². The summed E-state index contributed by atoms with van der Waals surface area (Å²) >= 11 is 0. The second kappa shape index (κ2) is 8.70. The van der Waals surface area contributed by atoms with Gasteiger partial charge in [-0.3, -0.25) is 4.99 Å². The zero-order valence-electron chi connectivity index (χ0n) is 14.3. The number of hydrogen-bond acceptors (Lipinski definition) is 3. The van der Waals surface area contributed by atoms with Gasteiger partial charge in [0.1, 0.15) is 0 Å². The van der Waals surface area contributed by atoms with Crippen LogP contribution in [0.5, 0.6) is 0 Å². The SMILES string of the molecule is CCC(CC)CNC(=NC)NC1CCN(c2ncccc2F)C1. The minimum atomic E-state index is -0.260. The van der Waals surface area contributed by atoms with Crippen LogP contribution in [0.25, 0.3) is 0 Å². The van der Waals surface area contributed by atoms with E-state index in [-0.39, 0.29) is 11.9 Å². The molecule has 1 aliphatic heterocycles. The Bertz CT molecular complexity index is 515. The fraction of sp³-hybridized carbons (Fsp3) is 0.647. The summed E-state index contributed by atoms with van der Waals surface area (Å²) in [6.07, 6.45) is 4.91. The second-order valence-corrected chi connectivity index (χ2v) is 6.02. The van der Waals surface area contributed by atoms with Crippen LogP contribution < -0.4 is 15.5 Å². The molecule has 1 unspecified atom stereocenters. The van der Waals surface area contributed by atoms with E-state index >= 15 is 0 Å². The molecule has 6 heteroatoms. The van der Waals surface area contributed by atoms with E-state index in [1.165, 1.54) is 6.07 Å². The lowest BCUT2D eigenvalue weighted by Crippen LogP contribution is -2.45. The van der Waals surface area contributed by atoms with E-state index in [0.717, 1.165) is 44.9 Å². The summed E-state index contributed by atoms with van der Waals surface area (Å²) in [4.78, 5) is 10.4. The lowest BCUT2D eigenvalue weighted by molar-refractivity contribution is 0.479. The van der Waals surface area contributed by atoms with Gasteiger partial charge in [0.15, 0.2) is 17.6 Å². The highest BCUT2D eigenvalue weighted by molar-refractivity contribution is 5.80. The third kappa shape index (κ3) is 4.81. The Morgan fingerprint density at radius 1 is 1.48 bits per heavy atom. The number of pyridine rings is 1. The average molecular weight is 321 g/mol. The van der Waals surface area contributed by atoms with Gasteiger partial charge in [0.05, 0.1) is 0 Å². The summed E-state index contributed by atoms with van der Waals surface area (Å²) in [7, 11) is 1.79. The van der Waals surface area contributed by atoms with E-state index < -0.39 is 0 Å². The summed E-state index contributed by atoms with van der Waals surface area (Å²) < 4.78 is 13.8. The van der Waals surface area contributed by atoms with Crippen molar-refractivity contribution in [2.24, 2.45) is 10.9 Å². The van der Waals surface area contributed by atoms with Crippen molar-refractivity contribution >= 4 is 11.8 Å². The minimum absolute atomic E-state index is 0.254. The van der Waals surface area contributed by atoms with Crippen LogP contribution in [0.2, 0.25) is 0 Å². The monoisotopic (exact) mass is 321 g/mol. The largest absolute Gasteiger partial charge is 0.356 e. The number of rotatable bonds is 6. The van der Waals surface area contributed by atoms with Crippen molar-refractivity contribution in [1.82, 2.24) is 15.6 Å². The van der Waals surface area contributed by atoms with Gasteiger partial charge in [0.2, 0.25) is 0 Å². The van der Waals surface area contributed by atoms with Gasteiger partial charge < -0.3 is 15.5 Å². The molecule has 2 rings (SSSR count). The van der Waals surface area contributed by atoms with Crippen LogP contribution in [0.1, 0.15) is 33.1 Å². The molecule has 2 N–H and O–H groups in total. The van der Waals surface area contributed by atoms with E-state index in [2.05, 4.69) is 34.5 Å². The molecule has 1 aliphatic rings. The average Bonchev–Trinajstić information content (AvgIpc) is 3.03. The van der Waals surface area contributed by atoms with Gasteiger partial charge in [-0.25, -0.2) is 9.37 Å². The third-order valence-corrected chi connectivity index (χ3v) is 4.50. The Morgan fingerprint density at radius 2 is 2.26 bits per heavy atom. The summed E-state index contributed by atoms with van der Waals surface area (Å²) in [5.41, 5.74) is 0. The Balaban J connectivity index is 1.85. The third-order valence-electron chi connectivity index (χ3n) is 4.50. The highest BCUT2D eigenvalue weighted by Crippen LogP contribution is 2.20. The van der Waals surface area contributed by atoms with E-state index in [0.29, 0.717) is 11.7 Å². The van der Waals surface area contributed by atoms with Crippen molar-refractivity contribution in [3.8, 4) is 0 Å². The maximum atomic E-state index is 13.8. The van der Waals surface area contributed by atoms with Crippen molar-refractivity contribution in [2.75, 3.05) is 31.6 Å². The lowest BCUT2D eigenvalue weighted by Gasteiger charge is -2.21. The number of nitrogens with one attached hydrogen (secondary N) is 2. The van der Waals surface area contributed by atoms with E-state index in [1.807, 2.05) is 4.90 Å². The first-order chi connectivity index (χ1) is 11.2. The summed E-state index contributed by atoms with van der Waals surface area (Å²) in [5, 5.41) is 6.83. The number of hydrogen-bond donors (Lipinski definition) is 2. The molecule has 0 bridgehead atoms. The first kappa shape index (κ1) is 17.5. The molecule has 0 spiro atoms. The smallest absolute Gasteiger partial charge is 0.191 e. The van der Waals surface area contributed by atoms with E-state index in [1.54, 1.807) is 19.3 Å². The first-order valence-corrected chi connectivity index (χ1v) is 8.50. The molecule has 0 radical (unpaired) electrons. The van der Waals surface area contributed by atoms with Crippen molar-refractivity contribution < 1.29 is 4.39 Å². The van der Waals surface area contributed by atoms with Gasteiger partial charge in [-0.1, -0.05) is 26.7 Å². The molecule has 0 aliphatic carbocycles. The maximum absolute atomic E-state index is 13.8. The van der Waals surface area contributed by atoms with Crippen LogP contribution in [-0.2, 0) is 0 Å². The summed E-state index contributed by atoms with van der Waals surface area (Å²) in [6.45, 7) is 6.89. The molecule has 1 atom stereocenters. The molecule has 1 aromatic heterocycles. The summed E-state index contributed by atoms with van der Waals surface area (Å²) in [5.74, 6) is 1.67. The molecule has 23 heavy (non-hydrogen) atoms. The Kier molecular flexibility index (Phi) is 6.62. The van der Waals surface area contributed by atoms with Crippen molar-refractivity contribution in [3.63, 3.8) is 0 Å². The van der Waals surface area contributed by atoms with Gasteiger partial charge in [-0.15, -0.1) is 0 Å². The number of aromatic nitrogens is 1. The van der Waals surface area contributed by atoms with Crippen LogP contribution in [0.3, 0.4) is 0 Å². The first-order valence-electron chi connectivity index (χ1n) is 8.50. The highest BCUT2D eigenvalue weighted by atomic mass is 19.1. The van der Waals surface area contributed by atoms with Gasteiger partial charge >= 0.3 is 0 Å². The molecule has 5 nitrogen and oxygen atoms in total. The zero-order chi connectivity index (χ0) is 16.7. The van der Waals surface area contributed by atoms with Crippen LogP contribution in [0.15, 0.2) is 23.3 Å². The van der Waals surface area contributed by atoms with Gasteiger partial charge in [0, 0.05) is 38.9 Å². The topological polar surface area (TPSA) is 52.6 Å². The molecule has 0 aromatic carbocycles. The molecule has 128 valence electrons. The van der Waals surface area contributed by atoms with Gasteiger partial charge in [0.25, 0.3) is 0 Å². The number of halogens is 1. The second-order valence-electron chi connectivity index (χ2n) is 6.02. The number of anilines is 1. The van der Waals surface area contributed by atoms with Crippen molar-refractivity contribution in [1.29, 1.82) is 0 Å². The Labute approximate surface area is 138 Å². The molecule has 0 saturated carbocycles. The predicted octanol–water partition coefficient (Wildman–Crippen LogP) is 2.40. The van der Waals surface area contributed by atoms with Crippen LogP contribution in [-0.4, -0.2) is 43.7 Å². The maximum Gasteiger partial charge on any atom is 0.191 e. The van der Waals surface area contributed by atoms with Crippen molar-refractivity contribution in [2.45, 2.75) is 39.2 Å². The summed E-state index contributed by atoms with van der Waals surface area (Å²) in [6, 6.07) is 3.33. The Morgan fingerprint density at radius 3 is 2.91 bits per heavy atom. The van der Waals surface area contributed by atoms with Crippen molar-refractivity contribution in [3.05, 3.63) is 24.1 Å². The highest BCUT2D eigenvalue weighted by Gasteiger charge is 2.25. The minimum Gasteiger partial charge on any atom is -0.356 e. The van der Waals surface area contributed by atoms with Crippen LogP contribution >= 0.6 is 0 Å². The Hall–Kier alpha value is -1.85. The lowest BCUT2D eigenvalue weighted by atomic mass is 10.0. The van der Waals surface area contributed by atoms with Gasteiger partial charge in [-0.2, -0.15) is 0 Å². The number of aliphatic imine (C=N–C) groups is 1. The van der Waals surface area contributed by atoms with Crippen LogP contribution in [0.4, 0.5) is 10.2 Å². The zero-order valence-corrected chi connectivity index (χ0v) is 14.3. The molecule has 0 amide bonds. The number of guanidine groups is 1. The molecule has 1 aromatic rings. The van der Waals surface area contributed by atoms with E-state index in [4.69, 9.17) is 0 Å². The predicted molar refractivity (Wildman–Crippen MR) is 93.4 cm³/mol. The quantitative estimate of drug-likeness (QED) is 0.624. The normalized spacial score (nSPS) is 18.6. The molecular weight excluding hydrogens is 293 g/mol. The molecular formula is C17H28FN5. The van der Waals surface area contributed by atoms with Gasteiger partial charge in [-0.05, 0) is 24.5 Å². The molecule has 1 saturated heterocycles. The fourth-order valence-corrected chi connectivity index (χ4v) is 2.89. The molecule has 2 heterocycles. The fourth-order valence-electron chi connectivity index (χ4n) is 2.89. The number of nitrogens with zero attached hydrogens (tertiary/aromatic N) is 3. The molecule has 1 fully saturated rings. The van der Waals surface area contributed by atoms with Crippen LogP contribution in [0, 0.1) is 11.7 Å².